The van der Waals surface area contributed by atoms with Crippen LogP contribution in [0.25, 0.3) is 5.69 Å². The van der Waals surface area contributed by atoms with Gasteiger partial charge in [-0.05, 0) is 73.0 Å². The van der Waals surface area contributed by atoms with Crippen LogP contribution in [0, 0.1) is 13.8 Å². The highest BCUT2D eigenvalue weighted by atomic mass is 79.9. The quantitative estimate of drug-likeness (QED) is 0.653. The third kappa shape index (κ3) is 3.06. The molecule has 4 rings (SSSR count). The average molecular weight is 385 g/mol. The zero-order valence-corrected chi connectivity index (χ0v) is 15.1. The molecule has 0 aliphatic heterocycles. The molecule has 1 aliphatic carbocycles. The van der Waals surface area contributed by atoms with E-state index >= 15 is 0 Å². The first-order valence-corrected chi connectivity index (χ1v) is 8.73. The van der Waals surface area contributed by atoms with E-state index in [1.54, 1.807) is 6.20 Å². The fourth-order valence-corrected chi connectivity index (χ4v) is 2.90. The third-order valence-electron chi connectivity index (χ3n) is 3.98. The van der Waals surface area contributed by atoms with Crippen molar-refractivity contribution in [3.8, 4) is 17.3 Å². The van der Waals surface area contributed by atoms with E-state index in [9.17, 15) is 0 Å². The van der Waals surface area contributed by atoms with Crippen molar-refractivity contribution in [2.24, 2.45) is 0 Å². The van der Waals surface area contributed by atoms with Gasteiger partial charge in [0.1, 0.15) is 11.6 Å². The lowest BCUT2D eigenvalue weighted by Crippen LogP contribution is -1.99. The lowest BCUT2D eigenvalue weighted by atomic mass is 10.3. The maximum atomic E-state index is 5.93. The number of benzene rings is 1. The molecule has 1 aromatic carbocycles. The van der Waals surface area contributed by atoms with Crippen molar-refractivity contribution in [2.75, 3.05) is 0 Å². The average Bonchev–Trinajstić information content (AvgIpc) is 3.35. The molecule has 3 aromatic rings. The second-order valence-corrected chi connectivity index (χ2v) is 6.94. The molecule has 5 nitrogen and oxygen atoms in total. The summed E-state index contributed by atoms with van der Waals surface area (Å²) in [6.45, 7) is 4.03. The Morgan fingerprint density at radius 1 is 1.17 bits per heavy atom. The zero-order valence-electron chi connectivity index (χ0n) is 13.5. The molecule has 6 heteroatoms. The van der Waals surface area contributed by atoms with Gasteiger partial charge in [-0.15, -0.1) is 0 Å². The third-order valence-corrected chi connectivity index (χ3v) is 4.52. The molecule has 0 unspecified atom stereocenters. The Kier molecular flexibility index (Phi) is 3.84. The number of nitrogens with zero attached hydrogens (tertiary/aromatic N) is 4. The number of halogens is 1. The minimum absolute atomic E-state index is 0.494. The van der Waals surface area contributed by atoms with Gasteiger partial charge in [0, 0.05) is 17.8 Å². The van der Waals surface area contributed by atoms with E-state index in [-0.39, 0.29) is 0 Å². The van der Waals surface area contributed by atoms with Gasteiger partial charge in [0.05, 0.1) is 15.9 Å². The van der Waals surface area contributed by atoms with E-state index < -0.39 is 0 Å². The van der Waals surface area contributed by atoms with E-state index in [0.717, 1.165) is 33.1 Å². The lowest BCUT2D eigenvalue weighted by molar-refractivity contribution is 0.455. The first-order chi connectivity index (χ1) is 11.6. The highest BCUT2D eigenvalue weighted by Crippen LogP contribution is 2.39. The SMILES string of the molecule is Cc1cc(C)n(-c2ccc(Oc3nc(C4CC4)ncc3Br)cc2)n1. The van der Waals surface area contributed by atoms with Crippen molar-refractivity contribution in [3.05, 3.63) is 58.2 Å². The number of hydrogen-bond acceptors (Lipinski definition) is 4. The minimum Gasteiger partial charge on any atom is -0.438 e. The summed E-state index contributed by atoms with van der Waals surface area (Å²) >= 11 is 3.46. The zero-order chi connectivity index (χ0) is 16.7. The Bertz CT molecular complexity index is 885. The summed E-state index contributed by atoms with van der Waals surface area (Å²) in [5.74, 6) is 2.66. The summed E-state index contributed by atoms with van der Waals surface area (Å²) < 4.78 is 8.61. The van der Waals surface area contributed by atoms with E-state index in [2.05, 4.69) is 37.1 Å². The Hall–Kier alpha value is -2.21. The second-order valence-electron chi connectivity index (χ2n) is 6.09. The van der Waals surface area contributed by atoms with Crippen LogP contribution >= 0.6 is 15.9 Å². The molecule has 0 amide bonds. The maximum absolute atomic E-state index is 5.93. The fraction of sp³-hybridized carbons (Fsp3) is 0.278. The van der Waals surface area contributed by atoms with Gasteiger partial charge in [0.2, 0.25) is 5.88 Å². The topological polar surface area (TPSA) is 52.8 Å². The smallest absolute Gasteiger partial charge is 0.236 e. The molecule has 0 radical (unpaired) electrons. The predicted octanol–water partition coefficient (Wildman–Crippen LogP) is 4.71. The number of aromatic nitrogens is 4. The molecule has 2 heterocycles. The monoisotopic (exact) mass is 384 g/mol. The van der Waals surface area contributed by atoms with E-state index in [1.807, 2.05) is 42.8 Å². The summed E-state index contributed by atoms with van der Waals surface area (Å²) in [7, 11) is 0. The van der Waals surface area contributed by atoms with Gasteiger partial charge in [-0.2, -0.15) is 10.1 Å². The molecule has 0 spiro atoms. The molecular formula is C18H17BrN4O. The van der Waals surface area contributed by atoms with Crippen LogP contribution in [-0.4, -0.2) is 19.7 Å². The molecule has 0 bridgehead atoms. The van der Waals surface area contributed by atoms with Crippen LogP contribution in [0.4, 0.5) is 0 Å². The van der Waals surface area contributed by atoms with Gasteiger partial charge >= 0.3 is 0 Å². The summed E-state index contributed by atoms with van der Waals surface area (Å²) in [6, 6.07) is 9.90. The van der Waals surface area contributed by atoms with Crippen molar-refractivity contribution in [1.82, 2.24) is 19.7 Å². The van der Waals surface area contributed by atoms with Crippen LogP contribution in [0.15, 0.2) is 41.0 Å². The Morgan fingerprint density at radius 2 is 1.92 bits per heavy atom. The standard InChI is InChI=1S/C18H17BrN4O/c1-11-9-12(2)23(22-11)14-5-7-15(8-6-14)24-18-16(19)10-20-17(21-18)13-3-4-13/h5-10,13H,3-4H2,1-2H3. The normalized spacial score (nSPS) is 14.0. The molecule has 1 fully saturated rings. The van der Waals surface area contributed by atoms with Crippen LogP contribution in [0.2, 0.25) is 0 Å². The van der Waals surface area contributed by atoms with E-state index in [0.29, 0.717) is 11.8 Å². The van der Waals surface area contributed by atoms with Crippen LogP contribution in [0.5, 0.6) is 11.6 Å². The van der Waals surface area contributed by atoms with Gasteiger partial charge in [0.15, 0.2) is 0 Å². The second kappa shape index (κ2) is 6.02. The minimum atomic E-state index is 0.494. The highest BCUT2D eigenvalue weighted by Gasteiger charge is 2.27. The fourth-order valence-electron chi connectivity index (χ4n) is 2.63. The molecule has 2 aromatic heterocycles. The van der Waals surface area contributed by atoms with Gasteiger partial charge in [-0.1, -0.05) is 0 Å². The van der Waals surface area contributed by atoms with Gasteiger partial charge in [0.25, 0.3) is 0 Å². The molecule has 1 aliphatic rings. The van der Waals surface area contributed by atoms with Crippen molar-refractivity contribution in [2.45, 2.75) is 32.6 Å². The van der Waals surface area contributed by atoms with Crippen molar-refractivity contribution < 1.29 is 4.74 Å². The molecule has 122 valence electrons. The van der Waals surface area contributed by atoms with Crippen molar-refractivity contribution in [1.29, 1.82) is 0 Å². The highest BCUT2D eigenvalue weighted by molar-refractivity contribution is 9.10. The molecule has 0 atom stereocenters. The van der Waals surface area contributed by atoms with Crippen molar-refractivity contribution >= 4 is 15.9 Å². The maximum Gasteiger partial charge on any atom is 0.236 e. The number of hydrogen-bond donors (Lipinski definition) is 0. The first-order valence-electron chi connectivity index (χ1n) is 7.94. The number of aryl methyl sites for hydroxylation is 2. The van der Waals surface area contributed by atoms with Crippen LogP contribution < -0.4 is 4.74 Å². The molecule has 24 heavy (non-hydrogen) atoms. The predicted molar refractivity (Wildman–Crippen MR) is 94.8 cm³/mol. The van der Waals surface area contributed by atoms with Gasteiger partial charge in [-0.3, -0.25) is 0 Å². The first kappa shape index (κ1) is 15.3. The Balaban J connectivity index is 1.57. The van der Waals surface area contributed by atoms with E-state index in [4.69, 9.17) is 4.74 Å². The van der Waals surface area contributed by atoms with Crippen LogP contribution in [-0.2, 0) is 0 Å². The van der Waals surface area contributed by atoms with E-state index in [1.165, 1.54) is 12.8 Å². The summed E-state index contributed by atoms with van der Waals surface area (Å²) in [5.41, 5.74) is 3.12. The molecule has 0 saturated heterocycles. The van der Waals surface area contributed by atoms with Crippen LogP contribution in [0.3, 0.4) is 0 Å². The van der Waals surface area contributed by atoms with Gasteiger partial charge in [-0.25, -0.2) is 9.67 Å². The molecular weight excluding hydrogens is 368 g/mol. The number of rotatable bonds is 4. The van der Waals surface area contributed by atoms with Crippen LogP contribution in [0.1, 0.15) is 36.0 Å². The summed E-state index contributed by atoms with van der Waals surface area (Å²) in [5, 5.41) is 4.49. The summed E-state index contributed by atoms with van der Waals surface area (Å²) in [4.78, 5) is 8.89. The summed E-state index contributed by atoms with van der Waals surface area (Å²) in [6.07, 6.45) is 4.09. The largest absolute Gasteiger partial charge is 0.438 e. The Labute approximate surface area is 148 Å². The Morgan fingerprint density at radius 3 is 2.54 bits per heavy atom. The molecule has 1 saturated carbocycles. The lowest BCUT2D eigenvalue weighted by Gasteiger charge is -2.09. The van der Waals surface area contributed by atoms with Gasteiger partial charge < -0.3 is 4.74 Å². The van der Waals surface area contributed by atoms with Crippen molar-refractivity contribution in [3.63, 3.8) is 0 Å². The molecule has 0 N–H and O–H groups in total. The number of ether oxygens (including phenoxy) is 1.